The van der Waals surface area contributed by atoms with Crippen LogP contribution in [0.3, 0.4) is 0 Å². The van der Waals surface area contributed by atoms with Crippen molar-refractivity contribution >= 4 is 17.5 Å². The minimum Gasteiger partial charge on any atom is -0.370 e. The average molecular weight is 237 g/mol. The average Bonchev–Trinajstić information content (AvgIpc) is 2.32. The number of likely N-dealkylation sites (N-methyl/N-ethyl adjacent to an activating group) is 1. The Balaban J connectivity index is 2.65. The molecule has 0 spiro atoms. The summed E-state index contributed by atoms with van der Waals surface area (Å²) in [6.45, 7) is 4.99. The summed E-state index contributed by atoms with van der Waals surface area (Å²) in [6, 6.07) is 1.80. The summed E-state index contributed by atoms with van der Waals surface area (Å²) >= 11 is 0. The second-order valence-electron chi connectivity index (χ2n) is 3.64. The maximum absolute atomic E-state index is 11.1. The van der Waals surface area contributed by atoms with Crippen LogP contribution in [-0.4, -0.2) is 36.0 Å². The number of rotatable bonds is 6. The van der Waals surface area contributed by atoms with Gasteiger partial charge in [0.15, 0.2) is 0 Å². The van der Waals surface area contributed by atoms with E-state index in [4.69, 9.17) is 0 Å². The minimum atomic E-state index is -0.0793. The summed E-state index contributed by atoms with van der Waals surface area (Å²) in [7, 11) is 1.60. The molecule has 94 valence electrons. The van der Waals surface area contributed by atoms with Gasteiger partial charge in [-0.2, -0.15) is 0 Å². The first-order valence-corrected chi connectivity index (χ1v) is 5.69. The van der Waals surface area contributed by atoms with Gasteiger partial charge in [-0.25, -0.2) is 9.97 Å². The van der Waals surface area contributed by atoms with E-state index >= 15 is 0 Å². The highest BCUT2D eigenvalue weighted by molar-refractivity contribution is 5.80. The van der Waals surface area contributed by atoms with Crippen LogP contribution >= 0.6 is 0 Å². The lowest BCUT2D eigenvalue weighted by Crippen LogP contribution is -2.26. The molecule has 0 unspecified atom stereocenters. The molecule has 1 rings (SSSR count). The molecular formula is C11H19N5O. The molecule has 0 aliphatic carbocycles. The zero-order valence-electron chi connectivity index (χ0n) is 10.5. The van der Waals surface area contributed by atoms with Crippen LogP contribution in [0.4, 0.5) is 11.6 Å². The van der Waals surface area contributed by atoms with Crippen LogP contribution in [0.5, 0.6) is 0 Å². The second kappa shape index (κ2) is 6.67. The minimum absolute atomic E-state index is 0.0793. The Bertz CT molecular complexity index is 380. The molecule has 0 saturated carbocycles. The fourth-order valence-corrected chi connectivity index (χ4v) is 1.26. The lowest BCUT2D eigenvalue weighted by atomic mass is 10.4. The standard InChI is InChI=1S/C11H19N5O/c1-4-5-13-9-6-10(16-8(2)15-9)14-7-11(17)12-3/h6H,4-5,7H2,1-3H3,(H,12,17)(H2,13,14,15,16). The van der Waals surface area contributed by atoms with E-state index in [1.165, 1.54) is 0 Å². The third-order valence-electron chi connectivity index (χ3n) is 2.10. The van der Waals surface area contributed by atoms with Gasteiger partial charge in [0.1, 0.15) is 17.5 Å². The van der Waals surface area contributed by atoms with Gasteiger partial charge in [-0.15, -0.1) is 0 Å². The van der Waals surface area contributed by atoms with E-state index in [0.29, 0.717) is 11.6 Å². The van der Waals surface area contributed by atoms with Gasteiger partial charge < -0.3 is 16.0 Å². The van der Waals surface area contributed by atoms with Gasteiger partial charge in [-0.05, 0) is 13.3 Å². The molecule has 6 heteroatoms. The van der Waals surface area contributed by atoms with E-state index < -0.39 is 0 Å². The van der Waals surface area contributed by atoms with Crippen molar-refractivity contribution in [3.05, 3.63) is 11.9 Å². The Morgan fingerprint density at radius 2 is 1.94 bits per heavy atom. The molecule has 0 bridgehead atoms. The highest BCUT2D eigenvalue weighted by atomic mass is 16.1. The largest absolute Gasteiger partial charge is 0.370 e. The molecule has 1 aromatic rings. The van der Waals surface area contributed by atoms with Crippen molar-refractivity contribution in [3.63, 3.8) is 0 Å². The zero-order chi connectivity index (χ0) is 12.7. The van der Waals surface area contributed by atoms with E-state index in [2.05, 4.69) is 32.8 Å². The topological polar surface area (TPSA) is 78.9 Å². The molecule has 1 amide bonds. The van der Waals surface area contributed by atoms with Gasteiger partial charge >= 0.3 is 0 Å². The van der Waals surface area contributed by atoms with Crippen molar-refractivity contribution < 1.29 is 4.79 Å². The van der Waals surface area contributed by atoms with Crippen LogP contribution in [0.25, 0.3) is 0 Å². The van der Waals surface area contributed by atoms with Crippen molar-refractivity contribution in [2.45, 2.75) is 20.3 Å². The molecular weight excluding hydrogens is 218 g/mol. The number of carbonyl (C=O) groups is 1. The van der Waals surface area contributed by atoms with Gasteiger partial charge in [0.2, 0.25) is 5.91 Å². The molecule has 1 heterocycles. The third-order valence-corrected chi connectivity index (χ3v) is 2.10. The molecule has 17 heavy (non-hydrogen) atoms. The molecule has 0 aromatic carbocycles. The molecule has 6 nitrogen and oxygen atoms in total. The number of carbonyl (C=O) groups excluding carboxylic acids is 1. The van der Waals surface area contributed by atoms with Crippen LogP contribution in [-0.2, 0) is 4.79 Å². The smallest absolute Gasteiger partial charge is 0.239 e. The highest BCUT2D eigenvalue weighted by Crippen LogP contribution is 2.10. The molecule has 0 aliphatic heterocycles. The Morgan fingerprint density at radius 1 is 1.29 bits per heavy atom. The third kappa shape index (κ3) is 4.67. The first-order valence-electron chi connectivity index (χ1n) is 5.69. The lowest BCUT2D eigenvalue weighted by Gasteiger charge is -2.09. The van der Waals surface area contributed by atoms with E-state index in [1.54, 1.807) is 13.1 Å². The van der Waals surface area contributed by atoms with E-state index in [9.17, 15) is 4.79 Å². The van der Waals surface area contributed by atoms with Crippen molar-refractivity contribution in [2.24, 2.45) is 0 Å². The Labute approximate surface area is 101 Å². The molecule has 0 aliphatic rings. The highest BCUT2D eigenvalue weighted by Gasteiger charge is 2.03. The number of anilines is 2. The van der Waals surface area contributed by atoms with Crippen LogP contribution in [0.1, 0.15) is 19.2 Å². The molecule has 0 radical (unpaired) electrons. The maximum Gasteiger partial charge on any atom is 0.239 e. The van der Waals surface area contributed by atoms with Crippen LogP contribution in [0.15, 0.2) is 6.07 Å². The van der Waals surface area contributed by atoms with E-state index in [-0.39, 0.29) is 12.5 Å². The van der Waals surface area contributed by atoms with Crippen molar-refractivity contribution in [2.75, 3.05) is 30.8 Å². The number of hydrogen-bond acceptors (Lipinski definition) is 5. The molecule has 0 fully saturated rings. The van der Waals surface area contributed by atoms with Crippen molar-refractivity contribution in [1.29, 1.82) is 0 Å². The first-order chi connectivity index (χ1) is 8.15. The Hall–Kier alpha value is -1.85. The number of hydrogen-bond donors (Lipinski definition) is 3. The van der Waals surface area contributed by atoms with E-state index in [1.807, 2.05) is 6.92 Å². The number of aromatic nitrogens is 2. The first kappa shape index (κ1) is 13.2. The summed E-state index contributed by atoms with van der Waals surface area (Å²) in [5, 5.41) is 8.67. The second-order valence-corrected chi connectivity index (χ2v) is 3.64. The summed E-state index contributed by atoms with van der Waals surface area (Å²) in [5.41, 5.74) is 0. The SMILES string of the molecule is CCCNc1cc(NCC(=O)NC)nc(C)n1. The predicted octanol–water partition coefficient (Wildman–Crippen LogP) is 0.765. The molecule has 1 aromatic heterocycles. The molecule has 0 saturated heterocycles. The Kier molecular flexibility index (Phi) is 5.19. The zero-order valence-corrected chi connectivity index (χ0v) is 10.5. The normalized spacial score (nSPS) is 9.82. The van der Waals surface area contributed by atoms with Gasteiger partial charge in [0.25, 0.3) is 0 Å². The van der Waals surface area contributed by atoms with Crippen molar-refractivity contribution in [1.82, 2.24) is 15.3 Å². The Morgan fingerprint density at radius 3 is 2.53 bits per heavy atom. The predicted molar refractivity (Wildman–Crippen MR) is 68.1 cm³/mol. The number of nitrogens with zero attached hydrogens (tertiary/aromatic N) is 2. The number of nitrogens with one attached hydrogen (secondary N) is 3. The monoisotopic (exact) mass is 237 g/mol. The quantitative estimate of drug-likeness (QED) is 0.681. The summed E-state index contributed by atoms with van der Waals surface area (Å²) in [4.78, 5) is 19.6. The fourth-order valence-electron chi connectivity index (χ4n) is 1.26. The van der Waals surface area contributed by atoms with Gasteiger partial charge in [0.05, 0.1) is 6.54 Å². The van der Waals surface area contributed by atoms with Gasteiger partial charge in [-0.3, -0.25) is 4.79 Å². The summed E-state index contributed by atoms with van der Waals surface area (Å²) in [6.07, 6.45) is 1.03. The summed E-state index contributed by atoms with van der Waals surface area (Å²) < 4.78 is 0. The summed E-state index contributed by atoms with van der Waals surface area (Å²) in [5.74, 6) is 2.02. The fraction of sp³-hybridized carbons (Fsp3) is 0.545. The van der Waals surface area contributed by atoms with E-state index in [0.717, 1.165) is 18.8 Å². The number of amides is 1. The number of aryl methyl sites for hydroxylation is 1. The van der Waals surface area contributed by atoms with Crippen molar-refractivity contribution in [3.8, 4) is 0 Å². The molecule has 3 N–H and O–H groups in total. The van der Waals surface area contributed by atoms with Crippen LogP contribution in [0.2, 0.25) is 0 Å². The van der Waals surface area contributed by atoms with Crippen LogP contribution < -0.4 is 16.0 Å². The lowest BCUT2D eigenvalue weighted by molar-refractivity contribution is -0.118. The maximum atomic E-state index is 11.1. The van der Waals surface area contributed by atoms with Crippen LogP contribution in [0, 0.1) is 6.92 Å². The van der Waals surface area contributed by atoms with Gasteiger partial charge in [-0.1, -0.05) is 6.92 Å². The molecule has 0 atom stereocenters. The van der Waals surface area contributed by atoms with Gasteiger partial charge in [0, 0.05) is 19.7 Å².